The minimum absolute atomic E-state index is 0.00631. The van der Waals surface area contributed by atoms with Crippen molar-refractivity contribution in [2.75, 3.05) is 9.80 Å². The topological polar surface area (TPSA) is 16.3 Å². The van der Waals surface area contributed by atoms with Crippen LogP contribution in [0.25, 0.3) is 77.2 Å². The SMILES string of the molecule is CC(C)(C)c1ccc2c(c1)N1c3ccc4c5cc(-c6ccccc6)ccc5n5c4c3B(c3ccccc3-5)c3cc4c5c(c31)B2c1ccc(C(C)(C)C)cc1N5c1ccc2c3cc(-c5ccccc5)ccc3n3c2c1B4c1ccccc1-3. The quantitative estimate of drug-likeness (QED) is 0.160. The Balaban J connectivity index is 0.976. The molecule has 0 radical (unpaired) electrons. The van der Waals surface area contributed by atoms with E-state index in [9.17, 15) is 0 Å². The van der Waals surface area contributed by atoms with E-state index in [2.05, 4.69) is 273 Å². The highest BCUT2D eigenvalue weighted by Gasteiger charge is 2.54. The van der Waals surface area contributed by atoms with Gasteiger partial charge in [-0.1, -0.05) is 193 Å². The van der Waals surface area contributed by atoms with Gasteiger partial charge in [-0.25, -0.2) is 0 Å². The second-order valence-electron chi connectivity index (χ2n) is 26.0. The lowest BCUT2D eigenvalue weighted by Crippen LogP contribution is -2.72. The molecule has 11 aromatic carbocycles. The van der Waals surface area contributed by atoms with Crippen molar-refractivity contribution in [2.45, 2.75) is 52.4 Å². The first-order valence-corrected chi connectivity index (χ1v) is 29.1. The number of aromatic nitrogens is 2. The van der Waals surface area contributed by atoms with E-state index in [-0.39, 0.29) is 31.0 Å². The number of anilines is 6. The van der Waals surface area contributed by atoms with Gasteiger partial charge in [0.25, 0.3) is 20.1 Å². The molecule has 0 bridgehead atoms. The normalized spacial score (nSPS) is 14.4. The molecule has 0 saturated heterocycles. The van der Waals surface area contributed by atoms with Gasteiger partial charge in [-0.2, -0.15) is 0 Å². The summed E-state index contributed by atoms with van der Waals surface area (Å²) in [5, 5.41) is 5.19. The van der Waals surface area contributed by atoms with Gasteiger partial charge in [0.1, 0.15) is 0 Å². The van der Waals surface area contributed by atoms with Crippen LogP contribution in [0.3, 0.4) is 0 Å². The summed E-state index contributed by atoms with van der Waals surface area (Å²) in [7, 11) is 0. The number of para-hydroxylation sites is 2. The lowest BCUT2D eigenvalue weighted by Gasteiger charge is -2.52. The highest BCUT2D eigenvalue weighted by atomic mass is 15.2. The summed E-state index contributed by atoms with van der Waals surface area (Å²) in [6.07, 6.45) is 0. The van der Waals surface area contributed by atoms with Crippen molar-refractivity contribution in [1.29, 1.82) is 0 Å². The first-order chi connectivity index (χ1) is 39.5. The van der Waals surface area contributed by atoms with Gasteiger partial charge >= 0.3 is 0 Å². The summed E-state index contributed by atoms with van der Waals surface area (Å²) in [6, 6.07) is 82.6. The molecule has 2 aromatic heterocycles. The van der Waals surface area contributed by atoms with Crippen LogP contribution in [0, 0.1) is 0 Å². The molecule has 0 saturated carbocycles. The molecular formula is C74H53B3N4. The molecule has 0 amide bonds. The van der Waals surface area contributed by atoms with Crippen LogP contribution in [0.4, 0.5) is 34.1 Å². The molecule has 6 aliphatic heterocycles. The van der Waals surface area contributed by atoms with Crippen LogP contribution in [0.15, 0.2) is 212 Å². The second-order valence-corrected chi connectivity index (χ2v) is 26.0. The van der Waals surface area contributed by atoms with Crippen molar-refractivity contribution in [1.82, 2.24) is 9.13 Å². The van der Waals surface area contributed by atoms with Crippen LogP contribution in [0.5, 0.6) is 0 Å². The minimum Gasteiger partial charge on any atom is -0.312 e. The molecule has 13 aromatic rings. The molecular weight excluding hydrogens is 977 g/mol. The average molecular weight is 1030 g/mol. The summed E-state index contributed by atoms with van der Waals surface area (Å²) in [5.41, 5.74) is 35.5. The molecule has 0 N–H and O–H groups in total. The molecule has 19 rings (SSSR count). The predicted molar refractivity (Wildman–Crippen MR) is 347 cm³/mol. The third-order valence-electron chi connectivity index (χ3n) is 19.8. The van der Waals surface area contributed by atoms with Crippen LogP contribution in [-0.2, 0) is 10.8 Å². The highest BCUT2D eigenvalue weighted by molar-refractivity contribution is 7.07. The first kappa shape index (κ1) is 44.6. The zero-order valence-electron chi connectivity index (χ0n) is 46.2. The summed E-state index contributed by atoms with van der Waals surface area (Å²) >= 11 is 0. The lowest BCUT2D eigenvalue weighted by molar-refractivity contribution is 0.590. The maximum absolute atomic E-state index is 2.76. The van der Waals surface area contributed by atoms with Crippen molar-refractivity contribution in [3.63, 3.8) is 0 Å². The molecule has 0 aliphatic carbocycles. The molecule has 7 heteroatoms. The van der Waals surface area contributed by atoms with Crippen molar-refractivity contribution >= 4 is 147 Å². The maximum Gasteiger partial charge on any atom is 0.252 e. The monoisotopic (exact) mass is 1030 g/mol. The molecule has 81 heavy (non-hydrogen) atoms. The Hall–Kier alpha value is -9.19. The third kappa shape index (κ3) is 5.50. The fourth-order valence-corrected chi connectivity index (χ4v) is 16.2. The van der Waals surface area contributed by atoms with Crippen molar-refractivity contribution in [3.05, 3.63) is 223 Å². The van der Waals surface area contributed by atoms with E-state index in [4.69, 9.17) is 0 Å². The second kappa shape index (κ2) is 15.0. The molecule has 0 atom stereocenters. The molecule has 0 unspecified atom stereocenters. The van der Waals surface area contributed by atoms with E-state index < -0.39 is 0 Å². The summed E-state index contributed by atoms with van der Waals surface area (Å²) in [6.45, 7) is 14.2. The molecule has 4 nitrogen and oxygen atoms in total. The number of hydrogen-bond donors (Lipinski definition) is 0. The highest BCUT2D eigenvalue weighted by Crippen LogP contribution is 2.50. The van der Waals surface area contributed by atoms with Gasteiger partial charge in [0, 0.05) is 67.0 Å². The average Bonchev–Trinajstić information content (AvgIpc) is 3.58. The third-order valence-corrected chi connectivity index (χ3v) is 19.8. The van der Waals surface area contributed by atoms with Gasteiger partial charge in [-0.05, 0) is 154 Å². The van der Waals surface area contributed by atoms with Crippen LogP contribution >= 0.6 is 0 Å². The number of hydrogen-bond acceptors (Lipinski definition) is 2. The lowest BCUT2D eigenvalue weighted by atomic mass is 9.26. The van der Waals surface area contributed by atoms with E-state index in [1.807, 2.05) is 0 Å². The van der Waals surface area contributed by atoms with Crippen molar-refractivity contribution < 1.29 is 0 Å². The van der Waals surface area contributed by atoms with E-state index in [0.717, 1.165) is 0 Å². The van der Waals surface area contributed by atoms with Gasteiger partial charge in [-0.3, -0.25) is 0 Å². The van der Waals surface area contributed by atoms with E-state index >= 15 is 0 Å². The fourth-order valence-electron chi connectivity index (χ4n) is 16.2. The Bertz CT molecular complexity index is 4740. The Morgan fingerprint density at radius 3 is 1.14 bits per heavy atom. The van der Waals surface area contributed by atoms with Gasteiger partial charge in [0.15, 0.2) is 0 Å². The predicted octanol–water partition coefficient (Wildman–Crippen LogP) is 12.2. The molecule has 0 fully saturated rings. The summed E-state index contributed by atoms with van der Waals surface area (Å²) < 4.78 is 5.24. The van der Waals surface area contributed by atoms with Crippen LogP contribution in [0.2, 0.25) is 0 Å². The Kier molecular flexibility index (Phi) is 8.25. The van der Waals surface area contributed by atoms with Crippen molar-refractivity contribution in [3.8, 4) is 33.6 Å². The zero-order chi connectivity index (χ0) is 53.7. The largest absolute Gasteiger partial charge is 0.312 e. The number of benzene rings is 11. The van der Waals surface area contributed by atoms with Crippen LogP contribution in [0.1, 0.15) is 52.7 Å². The smallest absolute Gasteiger partial charge is 0.252 e. The molecule has 0 spiro atoms. The van der Waals surface area contributed by atoms with Gasteiger partial charge < -0.3 is 18.9 Å². The molecule has 6 aliphatic rings. The molecule has 8 heterocycles. The maximum atomic E-state index is 2.76. The minimum atomic E-state index is -0.0652. The number of fused-ring (bicyclic) bond motifs is 22. The Morgan fingerprint density at radius 1 is 0.284 bits per heavy atom. The van der Waals surface area contributed by atoms with Gasteiger partial charge in [0.05, 0.1) is 22.1 Å². The van der Waals surface area contributed by atoms with Crippen molar-refractivity contribution in [2.24, 2.45) is 0 Å². The first-order valence-electron chi connectivity index (χ1n) is 29.1. The Labute approximate surface area is 472 Å². The summed E-state index contributed by atoms with van der Waals surface area (Å²) in [4.78, 5) is 5.51. The summed E-state index contributed by atoms with van der Waals surface area (Å²) in [5.74, 6) is 0. The van der Waals surface area contributed by atoms with E-state index in [1.54, 1.807) is 0 Å². The van der Waals surface area contributed by atoms with E-state index in [0.29, 0.717) is 0 Å². The molecule has 378 valence electrons. The zero-order valence-corrected chi connectivity index (χ0v) is 46.2. The van der Waals surface area contributed by atoms with Gasteiger partial charge in [-0.15, -0.1) is 0 Å². The van der Waals surface area contributed by atoms with Crippen LogP contribution in [-0.4, -0.2) is 29.3 Å². The number of rotatable bonds is 2. The standard InChI is InChI=1S/C74H53B3N4/c1-73(2,3)46-27-31-54-64(39-46)80-62-35-29-48-50-37-44(42-17-9-7-10-18-42)25-33-58(50)78-60-23-15-13-21-52(60)76(66(62)69(48)78)56-41-57-72-68(71(56)80)75(54)55-32-28-47(74(4,5)6)40-65(55)81(72)63-36-30-49-51-38-45(43-19-11-8-12-20-43)26-34-59(51)79-61-24-16-14-22-53(61)77(57)67(63)70(49)79/h7-41H,1-6H3. The van der Waals surface area contributed by atoms with Crippen LogP contribution < -0.4 is 59.0 Å². The fraction of sp³-hybridized carbons (Fsp3) is 0.108. The van der Waals surface area contributed by atoms with E-state index in [1.165, 1.54) is 172 Å². The van der Waals surface area contributed by atoms with Gasteiger partial charge in [0.2, 0.25) is 0 Å². The number of nitrogens with zero attached hydrogens (tertiary/aromatic N) is 4. The Morgan fingerprint density at radius 2 is 0.691 bits per heavy atom.